The molecule has 1 aliphatic rings. The number of hydrogen-bond acceptors (Lipinski definition) is 7. The van der Waals surface area contributed by atoms with E-state index in [1.54, 1.807) is 21.3 Å². The molecule has 1 unspecified atom stereocenters. The van der Waals surface area contributed by atoms with E-state index in [9.17, 15) is 0 Å². The van der Waals surface area contributed by atoms with Gasteiger partial charge >= 0.3 is 0 Å². The van der Waals surface area contributed by atoms with Gasteiger partial charge in [-0.05, 0) is 44.9 Å². The van der Waals surface area contributed by atoms with Gasteiger partial charge in [-0.3, -0.25) is 9.56 Å². The zero-order valence-electron chi connectivity index (χ0n) is 20.3. The Morgan fingerprint density at radius 1 is 0.970 bits per heavy atom. The van der Waals surface area contributed by atoms with Crippen LogP contribution in [0, 0.1) is 6.92 Å². The van der Waals surface area contributed by atoms with E-state index in [-0.39, 0.29) is 6.04 Å². The van der Waals surface area contributed by atoms with Crippen molar-refractivity contribution in [3.63, 3.8) is 0 Å². The molecule has 0 fully saturated rings. The van der Waals surface area contributed by atoms with E-state index >= 15 is 0 Å². The summed E-state index contributed by atoms with van der Waals surface area (Å²) in [5.41, 5.74) is 2.91. The van der Waals surface area contributed by atoms with Gasteiger partial charge in [0, 0.05) is 16.0 Å². The Labute approximate surface area is 199 Å². The largest absolute Gasteiger partial charge is 0.493 e. The van der Waals surface area contributed by atoms with Crippen molar-refractivity contribution in [1.82, 2.24) is 14.8 Å². The van der Waals surface area contributed by atoms with Crippen molar-refractivity contribution in [3.05, 3.63) is 45.9 Å². The van der Waals surface area contributed by atoms with Gasteiger partial charge in [0.05, 0.1) is 27.0 Å². The van der Waals surface area contributed by atoms with Crippen LogP contribution in [0.1, 0.15) is 73.2 Å². The number of hydrogen-bond donors (Lipinski definition) is 0. The van der Waals surface area contributed by atoms with Crippen molar-refractivity contribution < 1.29 is 14.2 Å². The van der Waals surface area contributed by atoms with Crippen molar-refractivity contribution in [3.8, 4) is 22.2 Å². The van der Waals surface area contributed by atoms with Crippen molar-refractivity contribution in [2.75, 3.05) is 21.3 Å². The average molecular weight is 469 g/mol. The smallest absolute Gasteiger partial charge is 0.203 e. The summed E-state index contributed by atoms with van der Waals surface area (Å²) in [4.78, 5) is 6.47. The molecular weight excluding hydrogens is 436 g/mol. The number of benzene rings is 1. The van der Waals surface area contributed by atoms with Crippen LogP contribution in [0.15, 0.2) is 23.2 Å². The second kappa shape index (κ2) is 9.95. The molecule has 3 aromatic rings. The first-order valence-electron chi connectivity index (χ1n) is 11.5. The molecular formula is C25H32N4O3S. The van der Waals surface area contributed by atoms with E-state index < -0.39 is 0 Å². The molecule has 0 saturated heterocycles. The Hall–Kier alpha value is -2.87. The van der Waals surface area contributed by atoms with Gasteiger partial charge in [-0.1, -0.05) is 26.2 Å². The van der Waals surface area contributed by atoms with Crippen LogP contribution in [0.25, 0.3) is 5.00 Å². The summed E-state index contributed by atoms with van der Waals surface area (Å²) in [5.74, 6) is 3.52. The zero-order valence-corrected chi connectivity index (χ0v) is 21.1. The third-order valence-electron chi connectivity index (χ3n) is 5.98. The highest BCUT2D eigenvalue weighted by atomic mass is 32.1. The van der Waals surface area contributed by atoms with Crippen LogP contribution in [-0.2, 0) is 6.42 Å². The third-order valence-corrected chi connectivity index (χ3v) is 7.16. The Bertz CT molecular complexity index is 1140. The number of unbranched alkanes of at least 4 members (excludes halogenated alkanes) is 3. The molecule has 1 atom stereocenters. The molecule has 0 aliphatic carbocycles. The quantitative estimate of drug-likeness (QED) is 0.377. The summed E-state index contributed by atoms with van der Waals surface area (Å²) in [6, 6.07) is 6.07. The van der Waals surface area contributed by atoms with E-state index in [4.69, 9.17) is 19.2 Å². The number of fused-ring (bicyclic) bond motifs is 3. The van der Waals surface area contributed by atoms with Crippen molar-refractivity contribution >= 4 is 17.0 Å². The predicted molar refractivity (Wildman–Crippen MR) is 132 cm³/mol. The van der Waals surface area contributed by atoms with E-state index in [1.807, 2.05) is 30.4 Å². The van der Waals surface area contributed by atoms with Crippen LogP contribution in [-0.4, -0.2) is 41.8 Å². The first-order chi connectivity index (χ1) is 16.0. The summed E-state index contributed by atoms with van der Waals surface area (Å²) in [5, 5.41) is 9.93. The fraction of sp³-hybridized carbons (Fsp3) is 0.480. The Balaban J connectivity index is 1.86. The maximum absolute atomic E-state index is 5.62. The molecule has 176 valence electrons. The number of aryl methyl sites for hydroxylation is 2. The maximum atomic E-state index is 5.62. The Kier molecular flexibility index (Phi) is 7.02. The summed E-state index contributed by atoms with van der Waals surface area (Å²) in [6.07, 6.45) is 6.01. The molecule has 1 aromatic carbocycles. The highest BCUT2D eigenvalue weighted by molar-refractivity contribution is 7.15. The number of thiophene rings is 1. The molecule has 4 rings (SSSR count). The molecule has 0 bridgehead atoms. The fourth-order valence-corrected chi connectivity index (χ4v) is 5.54. The van der Waals surface area contributed by atoms with Gasteiger partial charge < -0.3 is 14.2 Å². The van der Waals surface area contributed by atoms with E-state index in [2.05, 4.69) is 34.7 Å². The molecule has 0 amide bonds. The Morgan fingerprint density at radius 2 is 1.70 bits per heavy atom. The van der Waals surface area contributed by atoms with Gasteiger partial charge in [0.2, 0.25) is 5.75 Å². The molecule has 3 heterocycles. The standard InChI is InChI=1S/C25H32N4O3S/c1-7-8-9-10-11-18-14-19-22(17-12-20(30-4)23(32-6)21(13-17)31-5)26-15(2)24-28-27-16(3)29(24)25(19)33-18/h12-15H,7-11H2,1-6H3. The minimum atomic E-state index is -0.145. The summed E-state index contributed by atoms with van der Waals surface area (Å²) in [7, 11) is 4.88. The lowest BCUT2D eigenvalue weighted by molar-refractivity contribution is 0.324. The molecule has 0 N–H and O–H groups in total. The first-order valence-corrected chi connectivity index (χ1v) is 12.3. The van der Waals surface area contributed by atoms with Gasteiger partial charge in [-0.15, -0.1) is 21.5 Å². The van der Waals surface area contributed by atoms with Gasteiger partial charge in [-0.2, -0.15) is 0 Å². The van der Waals surface area contributed by atoms with Gasteiger partial charge in [-0.25, -0.2) is 0 Å². The number of methoxy groups -OCH3 is 3. The van der Waals surface area contributed by atoms with Gasteiger partial charge in [0.15, 0.2) is 17.3 Å². The van der Waals surface area contributed by atoms with E-state index in [0.29, 0.717) is 17.2 Å². The summed E-state index contributed by atoms with van der Waals surface area (Å²) in [6.45, 7) is 6.29. The van der Waals surface area contributed by atoms with Crippen LogP contribution in [0.5, 0.6) is 17.2 Å². The molecule has 2 aromatic heterocycles. The number of aromatic nitrogens is 3. The van der Waals surface area contributed by atoms with Gasteiger partial charge in [0.25, 0.3) is 0 Å². The predicted octanol–water partition coefficient (Wildman–Crippen LogP) is 5.70. The first kappa shape index (κ1) is 23.3. The maximum Gasteiger partial charge on any atom is 0.203 e. The van der Waals surface area contributed by atoms with Gasteiger partial charge in [0.1, 0.15) is 16.9 Å². The monoisotopic (exact) mass is 468 g/mol. The normalized spacial score (nSPS) is 14.8. The topological polar surface area (TPSA) is 70.8 Å². The number of aliphatic imine (C=N–C) groups is 1. The molecule has 1 aliphatic heterocycles. The minimum Gasteiger partial charge on any atom is -0.493 e. The lowest BCUT2D eigenvalue weighted by Crippen LogP contribution is -2.07. The van der Waals surface area contributed by atoms with Crippen LogP contribution >= 0.6 is 11.3 Å². The summed E-state index contributed by atoms with van der Waals surface area (Å²) >= 11 is 1.81. The molecule has 0 radical (unpaired) electrons. The van der Waals surface area contributed by atoms with Crippen molar-refractivity contribution in [2.45, 2.75) is 58.9 Å². The fourth-order valence-electron chi connectivity index (χ4n) is 4.29. The molecule has 7 nitrogen and oxygen atoms in total. The minimum absolute atomic E-state index is 0.145. The summed E-state index contributed by atoms with van der Waals surface area (Å²) < 4.78 is 18.9. The third kappa shape index (κ3) is 4.36. The Morgan fingerprint density at radius 3 is 2.33 bits per heavy atom. The number of rotatable bonds is 9. The number of ether oxygens (including phenoxy) is 3. The number of nitrogens with zero attached hydrogens (tertiary/aromatic N) is 4. The van der Waals surface area contributed by atoms with E-state index in [1.165, 1.54) is 30.6 Å². The highest BCUT2D eigenvalue weighted by Crippen LogP contribution is 2.41. The SMILES string of the molecule is CCCCCCc1cc2c(s1)-n1c(C)nnc1C(C)N=C2c1cc(OC)c(OC)c(OC)c1. The van der Waals surface area contributed by atoms with Crippen molar-refractivity contribution in [2.24, 2.45) is 4.99 Å². The zero-order chi connectivity index (χ0) is 23.5. The van der Waals surface area contributed by atoms with Crippen LogP contribution < -0.4 is 14.2 Å². The molecule has 0 saturated carbocycles. The molecule has 8 heteroatoms. The lowest BCUT2D eigenvalue weighted by atomic mass is 10.0. The molecule has 33 heavy (non-hydrogen) atoms. The highest BCUT2D eigenvalue weighted by Gasteiger charge is 2.29. The second-order valence-electron chi connectivity index (χ2n) is 8.25. The lowest BCUT2D eigenvalue weighted by Gasteiger charge is -2.15. The van der Waals surface area contributed by atoms with Crippen molar-refractivity contribution in [1.29, 1.82) is 0 Å². The van der Waals surface area contributed by atoms with Crippen LogP contribution in [0.4, 0.5) is 0 Å². The van der Waals surface area contributed by atoms with E-state index in [0.717, 1.165) is 39.9 Å². The van der Waals surface area contributed by atoms with Crippen LogP contribution in [0.2, 0.25) is 0 Å². The molecule has 0 spiro atoms. The second-order valence-corrected chi connectivity index (χ2v) is 9.37. The average Bonchev–Trinajstić information content (AvgIpc) is 3.39. The van der Waals surface area contributed by atoms with Crippen LogP contribution in [0.3, 0.4) is 0 Å².